The Morgan fingerprint density at radius 2 is 1.93 bits per heavy atom. The second kappa shape index (κ2) is 13.4. The highest BCUT2D eigenvalue weighted by Crippen LogP contribution is 2.18. The molecule has 1 aromatic rings. The van der Waals surface area contributed by atoms with Crippen LogP contribution in [0, 0.1) is 5.92 Å². The summed E-state index contributed by atoms with van der Waals surface area (Å²) in [4.78, 5) is 30.4. The maximum absolute atomic E-state index is 12.0. The van der Waals surface area contributed by atoms with E-state index >= 15 is 0 Å². The lowest BCUT2D eigenvalue weighted by atomic mass is 9.98. The summed E-state index contributed by atoms with van der Waals surface area (Å²) in [5, 5.41) is 6.23. The molecular formula is C20H31IN4O3. The third kappa shape index (κ3) is 7.65. The van der Waals surface area contributed by atoms with Gasteiger partial charge in [-0.15, -0.1) is 24.0 Å². The first kappa shape index (κ1) is 24.2. The lowest BCUT2D eigenvalue weighted by Crippen LogP contribution is -2.48. The molecular weight excluding hydrogens is 471 g/mol. The van der Waals surface area contributed by atoms with Crippen LogP contribution in [0.4, 0.5) is 0 Å². The van der Waals surface area contributed by atoms with Gasteiger partial charge in [0.25, 0.3) is 5.91 Å². The van der Waals surface area contributed by atoms with Crippen LogP contribution in [0.1, 0.15) is 36.5 Å². The molecule has 1 aliphatic rings. The molecule has 156 valence electrons. The standard InChI is InChI=1S/C20H30N4O3.HI/c1-3-27-19(26)17-11-7-14-24(15-17)20(21-2)23-13-8-12-22-18(25)16-9-5-4-6-10-16;/h4-6,9-10,17H,3,7-8,11-15H2,1-2H3,(H,21,23)(H,22,25);1H. The van der Waals surface area contributed by atoms with Crippen molar-refractivity contribution in [2.75, 3.05) is 39.8 Å². The molecule has 0 saturated carbocycles. The van der Waals surface area contributed by atoms with Gasteiger partial charge in [-0.1, -0.05) is 18.2 Å². The number of carbonyl (C=O) groups excluding carboxylic acids is 2. The van der Waals surface area contributed by atoms with Crippen LogP contribution in [0.5, 0.6) is 0 Å². The van der Waals surface area contributed by atoms with Gasteiger partial charge in [-0.05, 0) is 38.3 Å². The lowest BCUT2D eigenvalue weighted by Gasteiger charge is -2.33. The van der Waals surface area contributed by atoms with E-state index in [0.29, 0.717) is 31.8 Å². The predicted molar refractivity (Wildman–Crippen MR) is 121 cm³/mol. The Kier molecular flexibility index (Phi) is 11.5. The highest BCUT2D eigenvalue weighted by atomic mass is 127. The number of guanidine groups is 1. The van der Waals surface area contributed by atoms with Crippen LogP contribution < -0.4 is 10.6 Å². The van der Waals surface area contributed by atoms with Crippen molar-refractivity contribution in [3.05, 3.63) is 35.9 Å². The molecule has 0 spiro atoms. The number of aliphatic imine (C=N–C) groups is 1. The molecule has 7 nitrogen and oxygen atoms in total. The van der Waals surface area contributed by atoms with E-state index in [2.05, 4.69) is 20.5 Å². The van der Waals surface area contributed by atoms with Gasteiger partial charge in [-0.25, -0.2) is 0 Å². The van der Waals surface area contributed by atoms with Gasteiger partial charge in [-0.3, -0.25) is 14.6 Å². The van der Waals surface area contributed by atoms with Crippen molar-refractivity contribution in [2.24, 2.45) is 10.9 Å². The molecule has 1 heterocycles. The van der Waals surface area contributed by atoms with E-state index in [0.717, 1.165) is 31.8 Å². The van der Waals surface area contributed by atoms with E-state index in [9.17, 15) is 9.59 Å². The molecule has 0 aliphatic carbocycles. The molecule has 0 bridgehead atoms. The van der Waals surface area contributed by atoms with Gasteiger partial charge in [0.2, 0.25) is 0 Å². The number of benzene rings is 1. The second-order valence-electron chi connectivity index (χ2n) is 6.49. The van der Waals surface area contributed by atoms with Gasteiger partial charge < -0.3 is 20.3 Å². The Bertz CT molecular complexity index is 640. The van der Waals surface area contributed by atoms with Gasteiger partial charge >= 0.3 is 5.97 Å². The normalized spacial score (nSPS) is 16.7. The fraction of sp³-hybridized carbons (Fsp3) is 0.550. The van der Waals surface area contributed by atoms with Crippen LogP contribution >= 0.6 is 24.0 Å². The van der Waals surface area contributed by atoms with E-state index in [-0.39, 0.29) is 41.8 Å². The van der Waals surface area contributed by atoms with E-state index in [4.69, 9.17) is 4.74 Å². The first-order valence-corrected chi connectivity index (χ1v) is 9.61. The Morgan fingerprint density at radius 3 is 2.61 bits per heavy atom. The van der Waals surface area contributed by atoms with E-state index in [1.807, 2.05) is 25.1 Å². The summed E-state index contributed by atoms with van der Waals surface area (Å²) in [7, 11) is 1.74. The number of amides is 1. The molecule has 0 radical (unpaired) electrons. The number of likely N-dealkylation sites (tertiary alicyclic amines) is 1. The minimum Gasteiger partial charge on any atom is -0.466 e. The van der Waals surface area contributed by atoms with Crippen molar-refractivity contribution in [1.82, 2.24) is 15.5 Å². The maximum Gasteiger partial charge on any atom is 0.310 e. The zero-order valence-electron chi connectivity index (χ0n) is 16.6. The Labute approximate surface area is 184 Å². The quantitative estimate of drug-likeness (QED) is 0.197. The minimum atomic E-state index is -0.124. The number of esters is 1. The Hall–Kier alpha value is -1.84. The molecule has 1 saturated heterocycles. The summed E-state index contributed by atoms with van der Waals surface area (Å²) in [6.45, 7) is 5.03. The van der Waals surface area contributed by atoms with Crippen molar-refractivity contribution < 1.29 is 14.3 Å². The average Bonchev–Trinajstić information content (AvgIpc) is 2.71. The van der Waals surface area contributed by atoms with E-state index in [1.54, 1.807) is 19.2 Å². The fourth-order valence-electron chi connectivity index (χ4n) is 3.14. The van der Waals surface area contributed by atoms with Crippen LogP contribution in [0.2, 0.25) is 0 Å². The predicted octanol–water partition coefficient (Wildman–Crippen LogP) is 2.28. The van der Waals surface area contributed by atoms with Crippen LogP contribution in [-0.2, 0) is 9.53 Å². The van der Waals surface area contributed by atoms with E-state index < -0.39 is 0 Å². The van der Waals surface area contributed by atoms with Gasteiger partial charge in [0.05, 0.1) is 12.5 Å². The molecule has 28 heavy (non-hydrogen) atoms. The summed E-state index contributed by atoms with van der Waals surface area (Å²) in [6, 6.07) is 9.18. The lowest BCUT2D eigenvalue weighted by molar-refractivity contribution is -0.149. The van der Waals surface area contributed by atoms with E-state index in [1.165, 1.54) is 0 Å². The highest BCUT2D eigenvalue weighted by Gasteiger charge is 2.28. The summed E-state index contributed by atoms with van der Waals surface area (Å²) >= 11 is 0. The number of piperidine rings is 1. The molecule has 1 aliphatic heterocycles. The first-order chi connectivity index (χ1) is 13.2. The Morgan fingerprint density at radius 1 is 1.21 bits per heavy atom. The number of hydrogen-bond acceptors (Lipinski definition) is 4. The number of rotatable bonds is 7. The molecule has 1 amide bonds. The summed E-state index contributed by atoms with van der Waals surface area (Å²) in [5.74, 6) is 0.510. The number of carbonyl (C=O) groups is 2. The smallest absolute Gasteiger partial charge is 0.310 e. The van der Waals surface area contributed by atoms with Crippen molar-refractivity contribution in [2.45, 2.75) is 26.2 Å². The van der Waals surface area contributed by atoms with Crippen molar-refractivity contribution in [3.63, 3.8) is 0 Å². The first-order valence-electron chi connectivity index (χ1n) is 9.61. The molecule has 1 atom stereocenters. The molecule has 8 heteroatoms. The highest BCUT2D eigenvalue weighted by molar-refractivity contribution is 14.0. The fourth-order valence-corrected chi connectivity index (χ4v) is 3.14. The van der Waals surface area contributed by atoms with Crippen LogP contribution in [0.25, 0.3) is 0 Å². The molecule has 1 fully saturated rings. The van der Waals surface area contributed by atoms with Crippen LogP contribution in [0.15, 0.2) is 35.3 Å². The van der Waals surface area contributed by atoms with Gasteiger partial charge in [0.15, 0.2) is 5.96 Å². The molecule has 2 rings (SSSR count). The number of nitrogens with one attached hydrogen (secondary N) is 2. The summed E-state index contributed by atoms with van der Waals surface area (Å²) < 4.78 is 5.15. The molecule has 2 N–H and O–H groups in total. The van der Waals surface area contributed by atoms with Crippen LogP contribution in [0.3, 0.4) is 0 Å². The number of hydrogen-bond donors (Lipinski definition) is 2. The SMILES string of the molecule is CCOC(=O)C1CCCN(C(=NC)NCCCNC(=O)c2ccccc2)C1.I. The van der Waals surface area contributed by atoms with Gasteiger partial charge in [0.1, 0.15) is 0 Å². The largest absolute Gasteiger partial charge is 0.466 e. The monoisotopic (exact) mass is 502 g/mol. The number of nitrogens with zero attached hydrogens (tertiary/aromatic N) is 2. The maximum atomic E-state index is 12.0. The summed E-state index contributed by atoms with van der Waals surface area (Å²) in [6.07, 6.45) is 2.59. The van der Waals surface area contributed by atoms with Crippen molar-refractivity contribution >= 4 is 41.8 Å². The topological polar surface area (TPSA) is 83.0 Å². The third-order valence-electron chi connectivity index (χ3n) is 4.51. The van der Waals surface area contributed by atoms with Gasteiger partial charge in [-0.2, -0.15) is 0 Å². The van der Waals surface area contributed by atoms with Crippen molar-refractivity contribution in [3.8, 4) is 0 Å². The molecule has 1 aromatic carbocycles. The Balaban J connectivity index is 0.00000392. The van der Waals surface area contributed by atoms with Crippen molar-refractivity contribution in [1.29, 1.82) is 0 Å². The molecule has 1 unspecified atom stereocenters. The zero-order chi connectivity index (χ0) is 19.5. The zero-order valence-corrected chi connectivity index (χ0v) is 19.0. The summed E-state index contributed by atoms with van der Waals surface area (Å²) in [5.41, 5.74) is 0.666. The van der Waals surface area contributed by atoms with Gasteiger partial charge in [0, 0.05) is 38.8 Å². The second-order valence-corrected chi connectivity index (χ2v) is 6.49. The average molecular weight is 502 g/mol. The minimum absolute atomic E-state index is 0. The third-order valence-corrected chi connectivity index (χ3v) is 4.51. The van der Waals surface area contributed by atoms with Crippen LogP contribution in [-0.4, -0.2) is 62.6 Å². The molecule has 0 aromatic heterocycles. The number of ether oxygens (including phenoxy) is 1. The number of halogens is 1.